The highest BCUT2D eigenvalue weighted by atomic mass is 16.5. The maximum absolute atomic E-state index is 12.3. The molecule has 1 aliphatic heterocycles. The van der Waals surface area contributed by atoms with E-state index in [2.05, 4.69) is 23.5 Å². The van der Waals surface area contributed by atoms with E-state index in [-0.39, 0.29) is 11.7 Å². The van der Waals surface area contributed by atoms with Crippen LogP contribution in [0.2, 0.25) is 0 Å². The topological polar surface area (TPSA) is 55.8 Å². The highest BCUT2D eigenvalue weighted by molar-refractivity contribution is 5.96. The zero-order chi connectivity index (χ0) is 19.6. The second kappa shape index (κ2) is 10.2. The van der Waals surface area contributed by atoms with Crippen molar-refractivity contribution in [2.24, 2.45) is 0 Å². The first kappa shape index (κ1) is 20.3. The fraction of sp³-hybridized carbons (Fsp3) is 0.364. The Hall–Kier alpha value is -3.00. The number of esters is 2. The number of fused-ring (bicyclic) bond motifs is 1. The Bertz CT molecular complexity index is 798. The van der Waals surface area contributed by atoms with E-state index in [1.54, 1.807) is 11.1 Å². The van der Waals surface area contributed by atoms with Crippen molar-refractivity contribution in [3.63, 3.8) is 0 Å². The quantitative estimate of drug-likeness (QED) is 0.331. The fourth-order valence-electron chi connectivity index (χ4n) is 2.82. The summed E-state index contributed by atoms with van der Waals surface area (Å²) in [4.78, 5) is 25.8. The number of benzene rings is 1. The lowest BCUT2D eigenvalue weighted by molar-refractivity contribution is -0.139. The smallest absolute Gasteiger partial charge is 0.354 e. The van der Waals surface area contributed by atoms with Crippen LogP contribution in [0.1, 0.15) is 49.8 Å². The number of nitrogens with zero attached hydrogens (tertiary/aromatic N) is 1. The Morgan fingerprint density at radius 3 is 2.67 bits per heavy atom. The van der Waals surface area contributed by atoms with E-state index in [1.165, 1.54) is 14.2 Å². The summed E-state index contributed by atoms with van der Waals surface area (Å²) in [6, 6.07) is 7.48. The van der Waals surface area contributed by atoms with Gasteiger partial charge in [0, 0.05) is 12.6 Å². The third-order valence-corrected chi connectivity index (χ3v) is 4.26. The Labute approximate surface area is 160 Å². The Morgan fingerprint density at radius 1 is 1.19 bits per heavy atom. The second-order valence-electron chi connectivity index (χ2n) is 6.08. The summed E-state index contributed by atoms with van der Waals surface area (Å²) in [6.45, 7) is 2.15. The van der Waals surface area contributed by atoms with Gasteiger partial charge in [0.05, 0.1) is 20.3 Å². The summed E-state index contributed by atoms with van der Waals surface area (Å²) in [5.74, 6) is 5.23. The Balaban J connectivity index is 2.43. The van der Waals surface area contributed by atoms with Crippen molar-refractivity contribution < 1.29 is 19.1 Å². The Kier molecular flexibility index (Phi) is 7.69. The molecule has 0 spiro atoms. The molecule has 0 bridgehead atoms. The minimum atomic E-state index is -0.627. The van der Waals surface area contributed by atoms with Crippen LogP contribution in [0.15, 0.2) is 42.2 Å². The number of carbonyl (C=O) groups excluding carboxylic acids is 2. The molecular weight excluding hydrogens is 342 g/mol. The van der Waals surface area contributed by atoms with E-state index in [9.17, 15) is 9.59 Å². The maximum Gasteiger partial charge on any atom is 0.354 e. The standard InChI is InChI=1S/C22H25NO4/c1-4-5-6-7-8-13-19-18-12-10-9-11-17(18)14-15-23(19)20(22(25)27-3)16-21(24)26-2/h9-12,14-16,19H,4-7H2,1-3H3/b20-16+. The van der Waals surface area contributed by atoms with Crippen molar-refractivity contribution >= 4 is 18.0 Å². The second-order valence-corrected chi connectivity index (χ2v) is 6.08. The van der Waals surface area contributed by atoms with Crippen LogP contribution in [0.25, 0.3) is 6.08 Å². The molecule has 0 fully saturated rings. The molecule has 0 aromatic heterocycles. The van der Waals surface area contributed by atoms with Gasteiger partial charge < -0.3 is 14.4 Å². The number of hydrogen-bond donors (Lipinski definition) is 0. The highest BCUT2D eigenvalue weighted by Gasteiger charge is 2.29. The summed E-state index contributed by atoms with van der Waals surface area (Å²) < 4.78 is 9.55. The maximum atomic E-state index is 12.3. The highest BCUT2D eigenvalue weighted by Crippen LogP contribution is 2.33. The molecule has 1 aromatic carbocycles. The van der Waals surface area contributed by atoms with E-state index in [0.29, 0.717) is 0 Å². The summed E-state index contributed by atoms with van der Waals surface area (Å²) >= 11 is 0. The molecule has 0 saturated carbocycles. The van der Waals surface area contributed by atoms with Crippen LogP contribution in [-0.2, 0) is 19.1 Å². The van der Waals surface area contributed by atoms with Crippen molar-refractivity contribution in [1.82, 2.24) is 4.90 Å². The van der Waals surface area contributed by atoms with Crippen LogP contribution in [0.5, 0.6) is 0 Å². The van der Waals surface area contributed by atoms with E-state index in [0.717, 1.165) is 42.9 Å². The normalized spacial score (nSPS) is 15.4. The number of rotatable bonds is 6. The van der Waals surface area contributed by atoms with E-state index in [4.69, 9.17) is 4.74 Å². The van der Waals surface area contributed by atoms with Crippen molar-refractivity contribution in [3.8, 4) is 11.8 Å². The molecule has 5 heteroatoms. The predicted molar refractivity (Wildman–Crippen MR) is 104 cm³/mol. The Morgan fingerprint density at radius 2 is 1.96 bits per heavy atom. The third kappa shape index (κ3) is 5.24. The van der Waals surface area contributed by atoms with Gasteiger partial charge in [-0.05, 0) is 23.6 Å². The van der Waals surface area contributed by atoms with Gasteiger partial charge in [0.1, 0.15) is 11.7 Å². The fourth-order valence-corrected chi connectivity index (χ4v) is 2.82. The molecule has 2 rings (SSSR count). The molecule has 0 aliphatic carbocycles. The van der Waals surface area contributed by atoms with Crippen LogP contribution in [0.3, 0.4) is 0 Å². The monoisotopic (exact) mass is 367 g/mol. The van der Waals surface area contributed by atoms with E-state index in [1.807, 2.05) is 30.3 Å². The third-order valence-electron chi connectivity index (χ3n) is 4.26. The lowest BCUT2D eigenvalue weighted by Crippen LogP contribution is -2.30. The molecule has 27 heavy (non-hydrogen) atoms. The van der Waals surface area contributed by atoms with Crippen LogP contribution in [0, 0.1) is 11.8 Å². The van der Waals surface area contributed by atoms with Gasteiger partial charge in [0.2, 0.25) is 0 Å². The average Bonchev–Trinajstić information content (AvgIpc) is 2.71. The van der Waals surface area contributed by atoms with Gasteiger partial charge in [-0.2, -0.15) is 0 Å². The van der Waals surface area contributed by atoms with Gasteiger partial charge in [0.25, 0.3) is 0 Å². The van der Waals surface area contributed by atoms with Crippen molar-refractivity contribution in [1.29, 1.82) is 0 Å². The zero-order valence-corrected chi connectivity index (χ0v) is 16.0. The van der Waals surface area contributed by atoms with Crippen LogP contribution < -0.4 is 0 Å². The minimum Gasteiger partial charge on any atom is -0.466 e. The van der Waals surface area contributed by atoms with Crippen LogP contribution >= 0.6 is 0 Å². The molecule has 142 valence electrons. The molecule has 0 saturated heterocycles. The molecular formula is C22H25NO4. The first-order valence-corrected chi connectivity index (χ1v) is 9.04. The molecule has 0 radical (unpaired) electrons. The molecule has 1 atom stereocenters. The molecule has 0 amide bonds. The van der Waals surface area contributed by atoms with Crippen molar-refractivity contribution in [3.05, 3.63) is 53.4 Å². The predicted octanol–water partition coefficient (Wildman–Crippen LogP) is 3.83. The van der Waals surface area contributed by atoms with Crippen LogP contribution in [0.4, 0.5) is 0 Å². The number of ether oxygens (including phenoxy) is 2. The first-order chi connectivity index (χ1) is 13.1. The lowest BCUT2D eigenvalue weighted by Gasteiger charge is -2.32. The number of hydrogen-bond acceptors (Lipinski definition) is 5. The number of methoxy groups -OCH3 is 2. The molecule has 1 aromatic rings. The minimum absolute atomic E-state index is 0.0861. The number of unbranched alkanes of at least 4 members (excludes halogenated alkanes) is 3. The molecule has 5 nitrogen and oxygen atoms in total. The SMILES string of the molecule is CCCCCC#CC1c2ccccc2C=CN1/C(=C/C(=O)OC)C(=O)OC. The first-order valence-electron chi connectivity index (χ1n) is 9.04. The summed E-state index contributed by atoms with van der Waals surface area (Å²) in [5, 5.41) is 0. The molecule has 1 unspecified atom stereocenters. The van der Waals surface area contributed by atoms with Gasteiger partial charge in [-0.25, -0.2) is 9.59 Å². The van der Waals surface area contributed by atoms with Gasteiger partial charge in [-0.15, -0.1) is 5.92 Å². The van der Waals surface area contributed by atoms with Gasteiger partial charge in [-0.3, -0.25) is 0 Å². The summed E-state index contributed by atoms with van der Waals surface area (Å²) in [7, 11) is 2.54. The van der Waals surface area contributed by atoms with Crippen molar-refractivity contribution in [2.45, 2.75) is 38.6 Å². The largest absolute Gasteiger partial charge is 0.466 e. The molecule has 1 aliphatic rings. The number of carbonyl (C=O) groups is 2. The lowest BCUT2D eigenvalue weighted by atomic mass is 9.95. The van der Waals surface area contributed by atoms with E-state index >= 15 is 0 Å². The zero-order valence-electron chi connectivity index (χ0n) is 16.0. The van der Waals surface area contributed by atoms with Crippen molar-refractivity contribution in [2.75, 3.05) is 14.2 Å². The van der Waals surface area contributed by atoms with Crippen LogP contribution in [-0.4, -0.2) is 31.1 Å². The van der Waals surface area contributed by atoms with E-state index < -0.39 is 11.9 Å². The average molecular weight is 367 g/mol. The van der Waals surface area contributed by atoms with Gasteiger partial charge in [0.15, 0.2) is 0 Å². The molecule has 1 heterocycles. The molecule has 0 N–H and O–H groups in total. The van der Waals surface area contributed by atoms with Gasteiger partial charge in [-0.1, -0.05) is 50.0 Å². The van der Waals surface area contributed by atoms with Gasteiger partial charge >= 0.3 is 11.9 Å². The summed E-state index contributed by atoms with van der Waals surface area (Å²) in [6.07, 6.45) is 8.87. The summed E-state index contributed by atoms with van der Waals surface area (Å²) in [5.41, 5.74) is 2.09.